The van der Waals surface area contributed by atoms with E-state index in [1.807, 2.05) is 0 Å². The van der Waals surface area contributed by atoms with Gasteiger partial charge in [0, 0.05) is 31.3 Å². The van der Waals surface area contributed by atoms with Crippen LogP contribution in [0.3, 0.4) is 0 Å². The van der Waals surface area contributed by atoms with Gasteiger partial charge >= 0.3 is 0 Å². The number of amides is 1. The molecule has 1 aromatic rings. The minimum Gasteiger partial charge on any atom is -0.508 e. The molecule has 1 aliphatic heterocycles. The second-order valence-electron chi connectivity index (χ2n) is 5.22. The van der Waals surface area contributed by atoms with E-state index in [1.165, 1.54) is 0 Å². The van der Waals surface area contributed by atoms with Crippen molar-refractivity contribution in [3.8, 4) is 5.75 Å². The molecule has 1 amide bonds. The molecular weight excluding hydrogens is 242 g/mol. The quantitative estimate of drug-likeness (QED) is 0.909. The summed E-state index contributed by atoms with van der Waals surface area (Å²) in [6, 6.07) is 5.06. The highest BCUT2D eigenvalue weighted by molar-refractivity contribution is 5.96. The standard InChI is InChI=1S/C15H21NO3/c1-11-13(6-3-7-14(11)17)15(18)16(2)9-12-5-4-8-19-10-12/h3,6-7,12,17H,4-5,8-10H2,1-2H3. The fourth-order valence-corrected chi connectivity index (χ4v) is 2.48. The van der Waals surface area contributed by atoms with Crippen molar-refractivity contribution >= 4 is 5.91 Å². The van der Waals surface area contributed by atoms with E-state index in [9.17, 15) is 9.90 Å². The van der Waals surface area contributed by atoms with E-state index < -0.39 is 0 Å². The zero-order valence-electron chi connectivity index (χ0n) is 11.6. The predicted octanol–water partition coefficient (Wildman–Crippen LogP) is 2.20. The summed E-state index contributed by atoms with van der Waals surface area (Å²) in [6.45, 7) is 4.03. The zero-order valence-corrected chi connectivity index (χ0v) is 11.6. The largest absolute Gasteiger partial charge is 0.508 e. The van der Waals surface area contributed by atoms with Crippen molar-refractivity contribution in [2.45, 2.75) is 19.8 Å². The Morgan fingerprint density at radius 3 is 3.00 bits per heavy atom. The molecule has 1 heterocycles. The Balaban J connectivity index is 2.03. The van der Waals surface area contributed by atoms with Gasteiger partial charge in [-0.05, 0) is 37.8 Å². The van der Waals surface area contributed by atoms with E-state index in [0.717, 1.165) is 26.1 Å². The van der Waals surface area contributed by atoms with Crippen molar-refractivity contribution in [1.29, 1.82) is 0 Å². The molecule has 19 heavy (non-hydrogen) atoms. The van der Waals surface area contributed by atoms with Crippen molar-refractivity contribution in [3.05, 3.63) is 29.3 Å². The molecule has 0 bridgehead atoms. The Hall–Kier alpha value is -1.55. The second-order valence-corrected chi connectivity index (χ2v) is 5.22. The summed E-state index contributed by atoms with van der Waals surface area (Å²) in [4.78, 5) is 14.1. The smallest absolute Gasteiger partial charge is 0.254 e. The molecule has 0 aromatic heterocycles. The lowest BCUT2D eigenvalue weighted by molar-refractivity contribution is 0.0388. The molecule has 1 N–H and O–H groups in total. The second kappa shape index (κ2) is 6.06. The van der Waals surface area contributed by atoms with Gasteiger partial charge in [-0.15, -0.1) is 0 Å². The van der Waals surface area contributed by atoms with E-state index in [2.05, 4.69) is 0 Å². The number of aromatic hydroxyl groups is 1. The number of carbonyl (C=O) groups excluding carboxylic acids is 1. The summed E-state index contributed by atoms with van der Waals surface area (Å²) in [6.07, 6.45) is 2.18. The number of carbonyl (C=O) groups is 1. The Labute approximate surface area is 114 Å². The molecule has 1 aromatic carbocycles. The number of rotatable bonds is 3. The number of nitrogens with zero attached hydrogens (tertiary/aromatic N) is 1. The van der Waals surface area contributed by atoms with Crippen molar-refractivity contribution in [3.63, 3.8) is 0 Å². The number of ether oxygens (including phenoxy) is 1. The molecule has 1 fully saturated rings. The zero-order chi connectivity index (χ0) is 13.8. The van der Waals surface area contributed by atoms with Crippen LogP contribution in [0.15, 0.2) is 18.2 Å². The molecule has 0 radical (unpaired) electrons. The Morgan fingerprint density at radius 1 is 1.53 bits per heavy atom. The Morgan fingerprint density at radius 2 is 2.32 bits per heavy atom. The van der Waals surface area contributed by atoms with Gasteiger partial charge in [0.05, 0.1) is 6.61 Å². The molecule has 4 heteroatoms. The van der Waals surface area contributed by atoms with Crippen LogP contribution in [0, 0.1) is 12.8 Å². The average molecular weight is 263 g/mol. The van der Waals surface area contributed by atoms with Crippen LogP contribution in [0.2, 0.25) is 0 Å². The number of phenolic OH excluding ortho intramolecular Hbond substituents is 1. The fourth-order valence-electron chi connectivity index (χ4n) is 2.48. The summed E-state index contributed by atoms with van der Waals surface area (Å²) >= 11 is 0. The molecule has 1 unspecified atom stereocenters. The Kier molecular flexibility index (Phi) is 4.43. The van der Waals surface area contributed by atoms with Crippen LogP contribution in [0.4, 0.5) is 0 Å². The minimum absolute atomic E-state index is 0.0426. The maximum atomic E-state index is 12.4. The molecule has 104 valence electrons. The third-order valence-electron chi connectivity index (χ3n) is 3.67. The lowest BCUT2D eigenvalue weighted by Crippen LogP contribution is -2.35. The van der Waals surface area contributed by atoms with Crippen LogP contribution in [0.25, 0.3) is 0 Å². The summed E-state index contributed by atoms with van der Waals surface area (Å²) in [5.74, 6) is 0.541. The summed E-state index contributed by atoms with van der Waals surface area (Å²) in [5, 5.41) is 9.66. The monoisotopic (exact) mass is 263 g/mol. The van der Waals surface area contributed by atoms with E-state index >= 15 is 0 Å². The highest BCUT2D eigenvalue weighted by Crippen LogP contribution is 2.21. The highest BCUT2D eigenvalue weighted by Gasteiger charge is 2.21. The number of benzene rings is 1. The number of hydrogen-bond acceptors (Lipinski definition) is 3. The van der Waals surface area contributed by atoms with Gasteiger partial charge in [-0.25, -0.2) is 0 Å². The first-order valence-corrected chi connectivity index (χ1v) is 6.71. The van der Waals surface area contributed by atoms with E-state index in [0.29, 0.717) is 23.6 Å². The molecular formula is C15H21NO3. The maximum Gasteiger partial charge on any atom is 0.254 e. The van der Waals surface area contributed by atoms with Crippen LogP contribution < -0.4 is 0 Å². The van der Waals surface area contributed by atoms with Gasteiger partial charge in [-0.3, -0.25) is 4.79 Å². The topological polar surface area (TPSA) is 49.8 Å². The normalized spacial score (nSPS) is 19.2. The van der Waals surface area contributed by atoms with Gasteiger partial charge in [0.15, 0.2) is 0 Å². The molecule has 0 spiro atoms. The van der Waals surface area contributed by atoms with Gasteiger partial charge in [-0.1, -0.05) is 6.07 Å². The summed E-state index contributed by atoms with van der Waals surface area (Å²) < 4.78 is 5.43. The van der Waals surface area contributed by atoms with Crippen LogP contribution in [0.5, 0.6) is 5.75 Å². The van der Waals surface area contributed by atoms with Crippen LogP contribution in [0.1, 0.15) is 28.8 Å². The van der Waals surface area contributed by atoms with Crippen molar-refractivity contribution in [2.24, 2.45) is 5.92 Å². The molecule has 2 rings (SSSR count). The van der Waals surface area contributed by atoms with Crippen molar-refractivity contribution < 1.29 is 14.6 Å². The van der Waals surface area contributed by atoms with Crippen LogP contribution in [-0.4, -0.2) is 42.7 Å². The number of hydrogen-bond donors (Lipinski definition) is 1. The van der Waals surface area contributed by atoms with E-state index in [-0.39, 0.29) is 11.7 Å². The first-order chi connectivity index (χ1) is 9.09. The minimum atomic E-state index is -0.0426. The SMILES string of the molecule is Cc1c(O)cccc1C(=O)N(C)CC1CCCOC1. The number of phenols is 1. The predicted molar refractivity (Wildman–Crippen MR) is 73.3 cm³/mol. The van der Waals surface area contributed by atoms with Gasteiger partial charge in [0.2, 0.25) is 0 Å². The van der Waals surface area contributed by atoms with Crippen LogP contribution in [-0.2, 0) is 4.74 Å². The third kappa shape index (κ3) is 3.26. The molecule has 1 aliphatic rings. The van der Waals surface area contributed by atoms with Gasteiger partial charge in [-0.2, -0.15) is 0 Å². The lowest BCUT2D eigenvalue weighted by atomic mass is 10.0. The van der Waals surface area contributed by atoms with E-state index in [1.54, 1.807) is 37.1 Å². The van der Waals surface area contributed by atoms with Gasteiger partial charge in [0.25, 0.3) is 5.91 Å². The van der Waals surface area contributed by atoms with E-state index in [4.69, 9.17) is 4.74 Å². The third-order valence-corrected chi connectivity index (χ3v) is 3.67. The summed E-state index contributed by atoms with van der Waals surface area (Å²) in [5.41, 5.74) is 1.21. The van der Waals surface area contributed by atoms with Crippen molar-refractivity contribution in [1.82, 2.24) is 4.90 Å². The average Bonchev–Trinajstić information content (AvgIpc) is 2.42. The fraction of sp³-hybridized carbons (Fsp3) is 0.533. The van der Waals surface area contributed by atoms with Crippen LogP contribution >= 0.6 is 0 Å². The first-order valence-electron chi connectivity index (χ1n) is 6.71. The van der Waals surface area contributed by atoms with Gasteiger partial charge in [0.1, 0.15) is 5.75 Å². The molecule has 0 aliphatic carbocycles. The highest BCUT2D eigenvalue weighted by atomic mass is 16.5. The maximum absolute atomic E-state index is 12.4. The molecule has 1 saturated heterocycles. The molecule has 4 nitrogen and oxygen atoms in total. The molecule has 0 saturated carbocycles. The summed E-state index contributed by atoms with van der Waals surface area (Å²) in [7, 11) is 1.81. The van der Waals surface area contributed by atoms with Gasteiger partial charge < -0.3 is 14.7 Å². The molecule has 1 atom stereocenters. The first kappa shape index (κ1) is 13.9. The van der Waals surface area contributed by atoms with Crippen molar-refractivity contribution in [2.75, 3.05) is 26.8 Å². The lowest BCUT2D eigenvalue weighted by Gasteiger charge is -2.27. The Bertz CT molecular complexity index is 453.